The van der Waals surface area contributed by atoms with Crippen molar-refractivity contribution < 1.29 is 10.2 Å². The zero-order chi connectivity index (χ0) is 14.9. The van der Waals surface area contributed by atoms with Crippen LogP contribution in [0.1, 0.15) is 36.8 Å². The average Bonchev–Trinajstić information content (AvgIpc) is 2.91. The highest BCUT2D eigenvalue weighted by molar-refractivity contribution is 5.76. The quantitative estimate of drug-likeness (QED) is 0.700. The molecule has 0 spiro atoms. The van der Waals surface area contributed by atoms with Crippen LogP contribution in [-0.2, 0) is 6.42 Å². The average molecular weight is 284 g/mol. The van der Waals surface area contributed by atoms with E-state index >= 15 is 0 Å². The topological polar surface area (TPSA) is 40.5 Å². The molecule has 0 saturated heterocycles. The molecule has 1 aliphatic rings. The molecule has 3 rings (SSSR count). The Morgan fingerprint density at radius 3 is 1.48 bits per heavy atom. The normalized spacial score (nSPS) is 11.3. The van der Waals surface area contributed by atoms with Crippen LogP contribution in [0.3, 0.4) is 0 Å². The predicted octanol–water partition coefficient (Wildman–Crippen LogP) is 3.79. The SMILES string of the molecule is OCCCCCCO.c1ccc2c(c1)Cc1ccccc1-2. The molecule has 0 saturated carbocycles. The van der Waals surface area contributed by atoms with Crippen molar-refractivity contribution in [3.63, 3.8) is 0 Å². The van der Waals surface area contributed by atoms with Crippen LogP contribution in [0.4, 0.5) is 0 Å². The van der Waals surface area contributed by atoms with Gasteiger partial charge >= 0.3 is 0 Å². The lowest BCUT2D eigenvalue weighted by atomic mass is 10.1. The van der Waals surface area contributed by atoms with E-state index in [9.17, 15) is 0 Å². The van der Waals surface area contributed by atoms with E-state index in [1.807, 2.05) is 0 Å². The largest absolute Gasteiger partial charge is 0.396 e. The smallest absolute Gasteiger partial charge is 0.0431 e. The summed E-state index contributed by atoms with van der Waals surface area (Å²) < 4.78 is 0. The Morgan fingerprint density at radius 1 is 0.619 bits per heavy atom. The third kappa shape index (κ3) is 4.42. The van der Waals surface area contributed by atoms with Crippen molar-refractivity contribution in [3.8, 4) is 11.1 Å². The standard InChI is InChI=1S/C13H10.C6H14O2/c1-3-7-12-10(5-1)9-11-6-2-4-8-13(11)12;7-5-3-1-2-4-6-8/h1-8H,9H2;7-8H,1-6H2. The van der Waals surface area contributed by atoms with Crippen molar-refractivity contribution >= 4 is 0 Å². The van der Waals surface area contributed by atoms with Crippen LogP contribution in [0.25, 0.3) is 11.1 Å². The third-order valence-electron chi connectivity index (χ3n) is 3.77. The van der Waals surface area contributed by atoms with Crippen molar-refractivity contribution in [1.29, 1.82) is 0 Å². The first-order valence-electron chi connectivity index (χ1n) is 7.74. The van der Waals surface area contributed by atoms with Crippen LogP contribution >= 0.6 is 0 Å². The summed E-state index contributed by atoms with van der Waals surface area (Å²) in [5, 5.41) is 16.6. The fourth-order valence-corrected chi connectivity index (χ4v) is 2.66. The highest BCUT2D eigenvalue weighted by atomic mass is 16.3. The molecule has 1 aliphatic carbocycles. The second kappa shape index (κ2) is 8.60. The van der Waals surface area contributed by atoms with Gasteiger partial charge < -0.3 is 10.2 Å². The minimum Gasteiger partial charge on any atom is -0.396 e. The lowest BCUT2D eigenvalue weighted by Gasteiger charge is -1.98. The molecule has 0 heterocycles. The molecular weight excluding hydrogens is 260 g/mol. The summed E-state index contributed by atoms with van der Waals surface area (Å²) >= 11 is 0. The molecule has 0 aliphatic heterocycles. The molecule has 2 aromatic rings. The number of aliphatic hydroxyl groups is 2. The molecular formula is C19H24O2. The molecule has 0 unspecified atom stereocenters. The van der Waals surface area contributed by atoms with Gasteiger partial charge in [-0.05, 0) is 41.5 Å². The fourth-order valence-electron chi connectivity index (χ4n) is 2.66. The molecule has 0 fully saturated rings. The highest BCUT2D eigenvalue weighted by Crippen LogP contribution is 2.35. The van der Waals surface area contributed by atoms with Crippen LogP contribution < -0.4 is 0 Å². The van der Waals surface area contributed by atoms with Crippen LogP contribution in [0.2, 0.25) is 0 Å². The van der Waals surface area contributed by atoms with E-state index < -0.39 is 0 Å². The molecule has 21 heavy (non-hydrogen) atoms. The zero-order valence-corrected chi connectivity index (χ0v) is 12.5. The maximum Gasteiger partial charge on any atom is 0.0431 e. The second-order valence-electron chi connectivity index (χ2n) is 5.35. The van der Waals surface area contributed by atoms with Gasteiger partial charge in [-0.1, -0.05) is 61.4 Å². The number of benzene rings is 2. The Morgan fingerprint density at radius 2 is 1.05 bits per heavy atom. The summed E-state index contributed by atoms with van der Waals surface area (Å²) in [5.41, 5.74) is 5.75. The number of rotatable bonds is 5. The number of fused-ring (bicyclic) bond motifs is 3. The zero-order valence-electron chi connectivity index (χ0n) is 12.5. The van der Waals surface area contributed by atoms with Crippen molar-refractivity contribution in [2.24, 2.45) is 0 Å². The van der Waals surface area contributed by atoms with Crippen LogP contribution in [-0.4, -0.2) is 23.4 Å². The number of aliphatic hydroxyl groups excluding tert-OH is 2. The van der Waals surface area contributed by atoms with Gasteiger partial charge in [0, 0.05) is 13.2 Å². The maximum atomic E-state index is 8.30. The molecule has 2 nitrogen and oxygen atoms in total. The predicted molar refractivity (Wildman–Crippen MR) is 87.3 cm³/mol. The Bertz CT molecular complexity index is 499. The molecule has 0 atom stereocenters. The summed E-state index contributed by atoms with van der Waals surface area (Å²) in [6.45, 7) is 0.566. The van der Waals surface area contributed by atoms with E-state index in [1.54, 1.807) is 0 Å². The minimum absolute atomic E-state index is 0.283. The van der Waals surface area contributed by atoms with Gasteiger partial charge in [0.15, 0.2) is 0 Å². The Hall–Kier alpha value is -1.64. The van der Waals surface area contributed by atoms with Crippen LogP contribution in [0, 0.1) is 0 Å². The van der Waals surface area contributed by atoms with Gasteiger partial charge in [0.2, 0.25) is 0 Å². The fraction of sp³-hybridized carbons (Fsp3) is 0.368. The van der Waals surface area contributed by atoms with Crippen molar-refractivity contribution in [3.05, 3.63) is 59.7 Å². The van der Waals surface area contributed by atoms with Gasteiger partial charge in [0.1, 0.15) is 0 Å². The van der Waals surface area contributed by atoms with Gasteiger partial charge in [0.25, 0.3) is 0 Å². The van der Waals surface area contributed by atoms with E-state index in [-0.39, 0.29) is 13.2 Å². The van der Waals surface area contributed by atoms with Crippen molar-refractivity contribution in [2.45, 2.75) is 32.1 Å². The number of unbranched alkanes of at least 4 members (excludes halogenated alkanes) is 3. The molecule has 2 aromatic carbocycles. The lowest BCUT2D eigenvalue weighted by molar-refractivity contribution is 0.265. The summed E-state index contributed by atoms with van der Waals surface area (Å²) in [6.07, 6.45) is 4.93. The summed E-state index contributed by atoms with van der Waals surface area (Å²) in [6, 6.07) is 17.3. The molecule has 112 valence electrons. The summed E-state index contributed by atoms with van der Waals surface area (Å²) in [7, 11) is 0. The minimum atomic E-state index is 0.283. The van der Waals surface area contributed by atoms with Crippen LogP contribution in [0.15, 0.2) is 48.5 Å². The first-order valence-corrected chi connectivity index (χ1v) is 7.74. The van der Waals surface area contributed by atoms with E-state index in [1.165, 1.54) is 22.3 Å². The van der Waals surface area contributed by atoms with E-state index in [0.717, 1.165) is 32.1 Å². The van der Waals surface area contributed by atoms with Crippen LogP contribution in [0.5, 0.6) is 0 Å². The van der Waals surface area contributed by atoms with Gasteiger partial charge in [-0.15, -0.1) is 0 Å². The van der Waals surface area contributed by atoms with Crippen molar-refractivity contribution in [2.75, 3.05) is 13.2 Å². The highest BCUT2D eigenvalue weighted by Gasteiger charge is 2.15. The molecule has 0 aromatic heterocycles. The first kappa shape index (κ1) is 15.7. The maximum absolute atomic E-state index is 8.30. The molecule has 0 radical (unpaired) electrons. The molecule has 0 bridgehead atoms. The second-order valence-corrected chi connectivity index (χ2v) is 5.35. The van der Waals surface area contributed by atoms with E-state index in [2.05, 4.69) is 48.5 Å². The van der Waals surface area contributed by atoms with Gasteiger partial charge in [-0.3, -0.25) is 0 Å². The van der Waals surface area contributed by atoms with Gasteiger partial charge in [0.05, 0.1) is 0 Å². The monoisotopic (exact) mass is 284 g/mol. The third-order valence-corrected chi connectivity index (χ3v) is 3.77. The number of hydrogen-bond donors (Lipinski definition) is 2. The van der Waals surface area contributed by atoms with Gasteiger partial charge in [-0.25, -0.2) is 0 Å². The Labute approximate surface area is 127 Å². The van der Waals surface area contributed by atoms with E-state index in [4.69, 9.17) is 10.2 Å². The molecule has 2 N–H and O–H groups in total. The Balaban J connectivity index is 0.000000177. The summed E-state index contributed by atoms with van der Waals surface area (Å²) in [4.78, 5) is 0. The van der Waals surface area contributed by atoms with Crippen molar-refractivity contribution in [1.82, 2.24) is 0 Å². The lowest BCUT2D eigenvalue weighted by Crippen LogP contribution is -1.85. The summed E-state index contributed by atoms with van der Waals surface area (Å²) in [5.74, 6) is 0. The number of hydrogen-bond acceptors (Lipinski definition) is 2. The first-order chi connectivity index (χ1) is 10.4. The van der Waals surface area contributed by atoms with E-state index in [0.29, 0.717) is 0 Å². The van der Waals surface area contributed by atoms with Gasteiger partial charge in [-0.2, -0.15) is 0 Å². The molecule has 2 heteroatoms. The Kier molecular flexibility index (Phi) is 6.45. The molecule has 0 amide bonds.